The summed E-state index contributed by atoms with van der Waals surface area (Å²) >= 11 is 1.31. The first-order chi connectivity index (χ1) is 10.0. The number of tetrazole rings is 1. The largest absolute Gasteiger partial charge is 0.465 e. The molecule has 0 aliphatic heterocycles. The lowest BCUT2D eigenvalue weighted by atomic mass is 10.1. The highest BCUT2D eigenvalue weighted by molar-refractivity contribution is 7.99. The van der Waals surface area contributed by atoms with Crippen molar-refractivity contribution in [3.05, 3.63) is 30.3 Å². The van der Waals surface area contributed by atoms with Gasteiger partial charge in [0.2, 0.25) is 5.16 Å². The topological polar surface area (TPSA) is 95.9 Å². The predicted octanol–water partition coefficient (Wildman–Crippen LogP) is 1.03. The summed E-state index contributed by atoms with van der Waals surface area (Å²) in [5, 5.41) is 12.1. The molecule has 8 heteroatoms. The van der Waals surface area contributed by atoms with Crippen LogP contribution in [-0.2, 0) is 9.53 Å². The van der Waals surface area contributed by atoms with Gasteiger partial charge in [-0.15, -0.1) is 5.10 Å². The number of thioether (sulfide) groups is 1. The van der Waals surface area contributed by atoms with Crippen molar-refractivity contribution in [3.63, 3.8) is 0 Å². The molecule has 2 rings (SSSR count). The monoisotopic (exact) mass is 307 g/mol. The van der Waals surface area contributed by atoms with Gasteiger partial charge in [0.25, 0.3) is 0 Å². The standard InChI is InChI=1S/C13H17N5O2S/c1-3-20-11(19)13(2,14)9-21-12-15-16-17-18(12)10-7-5-4-6-8-10/h4-8H,3,9,14H2,1-2H3. The SMILES string of the molecule is CCOC(=O)C(C)(N)CSc1nnnn1-c1ccccc1. The molecule has 112 valence electrons. The molecule has 2 N–H and O–H groups in total. The Morgan fingerprint density at radius 1 is 1.43 bits per heavy atom. The maximum atomic E-state index is 11.8. The van der Waals surface area contributed by atoms with Crippen LogP contribution >= 0.6 is 11.8 Å². The molecule has 0 saturated carbocycles. The Kier molecular flexibility index (Phi) is 4.92. The van der Waals surface area contributed by atoms with Crippen LogP contribution in [0.4, 0.5) is 0 Å². The van der Waals surface area contributed by atoms with Gasteiger partial charge in [-0.25, -0.2) is 0 Å². The van der Waals surface area contributed by atoms with Crippen molar-refractivity contribution in [2.75, 3.05) is 12.4 Å². The van der Waals surface area contributed by atoms with E-state index >= 15 is 0 Å². The molecular weight excluding hydrogens is 290 g/mol. The van der Waals surface area contributed by atoms with Crippen LogP contribution in [0.2, 0.25) is 0 Å². The quantitative estimate of drug-likeness (QED) is 0.629. The smallest absolute Gasteiger partial charge is 0.326 e. The average molecular weight is 307 g/mol. The molecule has 0 aliphatic rings. The van der Waals surface area contributed by atoms with Crippen molar-refractivity contribution in [1.29, 1.82) is 0 Å². The number of nitrogens with two attached hydrogens (primary N) is 1. The van der Waals surface area contributed by atoms with E-state index in [1.807, 2.05) is 30.3 Å². The van der Waals surface area contributed by atoms with Crippen molar-refractivity contribution >= 4 is 17.7 Å². The Balaban J connectivity index is 2.08. The average Bonchev–Trinajstić information content (AvgIpc) is 2.95. The highest BCUT2D eigenvalue weighted by Crippen LogP contribution is 2.22. The molecule has 1 aromatic carbocycles. The minimum Gasteiger partial charge on any atom is -0.465 e. The zero-order valence-electron chi connectivity index (χ0n) is 11.9. The molecule has 7 nitrogen and oxygen atoms in total. The second kappa shape index (κ2) is 6.68. The highest BCUT2D eigenvalue weighted by atomic mass is 32.2. The second-order valence-electron chi connectivity index (χ2n) is 4.64. The van der Waals surface area contributed by atoms with Crippen LogP contribution in [0, 0.1) is 0 Å². The number of esters is 1. The van der Waals surface area contributed by atoms with Gasteiger partial charge >= 0.3 is 5.97 Å². The Morgan fingerprint density at radius 2 is 2.14 bits per heavy atom. The Labute approximate surface area is 126 Å². The van der Waals surface area contributed by atoms with Crippen molar-refractivity contribution < 1.29 is 9.53 Å². The Morgan fingerprint density at radius 3 is 2.81 bits per heavy atom. The normalized spacial score (nSPS) is 13.7. The molecule has 1 heterocycles. The molecule has 21 heavy (non-hydrogen) atoms. The molecular formula is C13H17N5O2S. The lowest BCUT2D eigenvalue weighted by Crippen LogP contribution is -2.48. The van der Waals surface area contributed by atoms with E-state index < -0.39 is 11.5 Å². The van der Waals surface area contributed by atoms with Gasteiger partial charge in [-0.2, -0.15) is 4.68 Å². The zero-order valence-corrected chi connectivity index (χ0v) is 12.7. The Hall–Kier alpha value is -1.93. The van der Waals surface area contributed by atoms with Crippen LogP contribution in [0.1, 0.15) is 13.8 Å². The fourth-order valence-corrected chi connectivity index (χ4v) is 2.47. The van der Waals surface area contributed by atoms with Gasteiger partial charge in [0.15, 0.2) is 0 Å². The number of ether oxygens (including phenoxy) is 1. The lowest BCUT2D eigenvalue weighted by Gasteiger charge is -2.21. The number of rotatable bonds is 6. The summed E-state index contributed by atoms with van der Waals surface area (Å²) in [5.41, 5.74) is 5.74. The van der Waals surface area contributed by atoms with E-state index in [0.717, 1.165) is 5.69 Å². The number of hydrogen-bond donors (Lipinski definition) is 1. The fourth-order valence-electron chi connectivity index (χ4n) is 1.57. The number of carbonyl (C=O) groups excluding carboxylic acids is 1. The van der Waals surface area contributed by atoms with Crippen molar-refractivity contribution in [1.82, 2.24) is 20.2 Å². The molecule has 1 unspecified atom stereocenters. The summed E-state index contributed by atoms with van der Waals surface area (Å²) in [5.74, 6) is -0.116. The molecule has 1 atom stereocenters. The molecule has 0 bridgehead atoms. The molecule has 0 aliphatic carbocycles. The van der Waals surface area contributed by atoms with Gasteiger partial charge in [0.1, 0.15) is 5.54 Å². The first-order valence-electron chi connectivity index (χ1n) is 6.47. The molecule has 2 aromatic rings. The molecule has 0 amide bonds. The van der Waals surface area contributed by atoms with E-state index in [-0.39, 0.29) is 0 Å². The second-order valence-corrected chi connectivity index (χ2v) is 5.58. The summed E-state index contributed by atoms with van der Waals surface area (Å²) in [6.07, 6.45) is 0. The fraction of sp³-hybridized carbons (Fsp3) is 0.385. The number of benzene rings is 1. The molecule has 0 radical (unpaired) electrons. The van der Waals surface area contributed by atoms with E-state index in [1.165, 1.54) is 11.8 Å². The third-order valence-corrected chi connectivity index (χ3v) is 3.94. The molecule has 0 fully saturated rings. The van der Waals surface area contributed by atoms with Crippen LogP contribution in [0.3, 0.4) is 0 Å². The van der Waals surface area contributed by atoms with Gasteiger partial charge < -0.3 is 10.5 Å². The zero-order chi connectivity index (χ0) is 15.3. The van der Waals surface area contributed by atoms with Crippen LogP contribution in [0.25, 0.3) is 5.69 Å². The number of nitrogens with zero attached hydrogens (tertiary/aromatic N) is 4. The maximum absolute atomic E-state index is 11.8. The van der Waals surface area contributed by atoms with Gasteiger partial charge in [0.05, 0.1) is 12.3 Å². The van der Waals surface area contributed by atoms with Gasteiger partial charge in [-0.1, -0.05) is 30.0 Å². The minimum absolute atomic E-state index is 0.304. The van der Waals surface area contributed by atoms with Crippen LogP contribution < -0.4 is 5.73 Å². The summed E-state index contributed by atoms with van der Waals surface area (Å²) < 4.78 is 6.56. The van der Waals surface area contributed by atoms with Crippen molar-refractivity contribution in [2.45, 2.75) is 24.5 Å². The van der Waals surface area contributed by atoms with Crippen LogP contribution in [0.5, 0.6) is 0 Å². The minimum atomic E-state index is -1.09. The lowest BCUT2D eigenvalue weighted by molar-refractivity contribution is -0.148. The number of para-hydroxylation sites is 1. The third kappa shape index (κ3) is 3.79. The molecule has 0 spiro atoms. The first-order valence-corrected chi connectivity index (χ1v) is 7.46. The number of carbonyl (C=O) groups is 1. The van der Waals surface area contributed by atoms with E-state index in [9.17, 15) is 4.79 Å². The number of aromatic nitrogens is 4. The van der Waals surface area contributed by atoms with E-state index in [1.54, 1.807) is 18.5 Å². The summed E-state index contributed by atoms with van der Waals surface area (Å²) in [7, 11) is 0. The van der Waals surface area contributed by atoms with E-state index in [4.69, 9.17) is 10.5 Å². The molecule has 1 aromatic heterocycles. The highest BCUT2D eigenvalue weighted by Gasteiger charge is 2.31. The van der Waals surface area contributed by atoms with Crippen molar-refractivity contribution in [3.8, 4) is 5.69 Å². The van der Waals surface area contributed by atoms with Gasteiger partial charge in [-0.05, 0) is 36.4 Å². The summed E-state index contributed by atoms with van der Waals surface area (Å²) in [4.78, 5) is 11.8. The van der Waals surface area contributed by atoms with E-state index in [0.29, 0.717) is 17.5 Å². The van der Waals surface area contributed by atoms with E-state index in [2.05, 4.69) is 15.5 Å². The number of hydrogen-bond acceptors (Lipinski definition) is 7. The summed E-state index contributed by atoms with van der Waals surface area (Å²) in [6, 6.07) is 9.51. The molecule has 0 saturated heterocycles. The van der Waals surface area contributed by atoms with Crippen LogP contribution in [0.15, 0.2) is 35.5 Å². The predicted molar refractivity (Wildman–Crippen MR) is 79.1 cm³/mol. The summed E-state index contributed by atoms with van der Waals surface area (Å²) in [6.45, 7) is 3.68. The van der Waals surface area contributed by atoms with Crippen molar-refractivity contribution in [2.24, 2.45) is 5.73 Å². The first kappa shape index (κ1) is 15.5. The Bertz CT molecular complexity index is 600. The maximum Gasteiger partial charge on any atom is 0.326 e. The van der Waals surface area contributed by atoms with Gasteiger partial charge in [-0.3, -0.25) is 4.79 Å². The third-order valence-electron chi connectivity index (χ3n) is 2.68. The van der Waals surface area contributed by atoms with Gasteiger partial charge in [0, 0.05) is 5.75 Å². The van der Waals surface area contributed by atoms with Crippen LogP contribution in [-0.4, -0.2) is 44.1 Å².